The highest BCUT2D eigenvalue weighted by Gasteiger charge is 2.14. The van der Waals surface area contributed by atoms with Crippen molar-refractivity contribution in [3.8, 4) is 22.8 Å². The van der Waals surface area contributed by atoms with Crippen LogP contribution >= 0.6 is 0 Å². The van der Waals surface area contributed by atoms with Crippen molar-refractivity contribution in [2.75, 3.05) is 0 Å². The number of carboxylic acids is 1. The Labute approximate surface area is 118 Å². The second kappa shape index (κ2) is 5.16. The molecule has 1 aromatic heterocycles. The maximum atomic E-state index is 13.7. The fourth-order valence-corrected chi connectivity index (χ4v) is 1.88. The van der Waals surface area contributed by atoms with E-state index in [2.05, 4.69) is 10.1 Å². The molecule has 0 saturated heterocycles. The molecule has 0 unspecified atom stereocenters. The van der Waals surface area contributed by atoms with E-state index in [4.69, 9.17) is 9.63 Å². The molecule has 0 aliphatic carbocycles. The van der Waals surface area contributed by atoms with Crippen LogP contribution in [0.3, 0.4) is 0 Å². The van der Waals surface area contributed by atoms with Gasteiger partial charge in [-0.3, -0.25) is 0 Å². The molecular weight excluding hydrogens is 281 g/mol. The van der Waals surface area contributed by atoms with Gasteiger partial charge in [0.2, 0.25) is 5.82 Å². The Morgan fingerprint density at radius 2 is 1.95 bits per heavy atom. The molecule has 0 fully saturated rings. The first-order valence-corrected chi connectivity index (χ1v) is 6.07. The van der Waals surface area contributed by atoms with Crippen molar-refractivity contribution in [3.05, 3.63) is 59.9 Å². The topological polar surface area (TPSA) is 76.2 Å². The molecule has 21 heavy (non-hydrogen) atoms. The van der Waals surface area contributed by atoms with Crippen LogP contribution in [0.1, 0.15) is 10.4 Å². The van der Waals surface area contributed by atoms with E-state index < -0.39 is 11.8 Å². The molecule has 0 aliphatic rings. The third-order valence-corrected chi connectivity index (χ3v) is 2.90. The highest BCUT2D eigenvalue weighted by molar-refractivity contribution is 5.89. The van der Waals surface area contributed by atoms with Gasteiger partial charge in [-0.2, -0.15) is 4.98 Å². The lowest BCUT2D eigenvalue weighted by atomic mass is 10.1. The molecule has 0 spiro atoms. The van der Waals surface area contributed by atoms with Crippen LogP contribution in [0.25, 0.3) is 22.8 Å². The molecule has 104 valence electrons. The Hall–Kier alpha value is -3.02. The number of hydrogen-bond acceptors (Lipinski definition) is 4. The maximum absolute atomic E-state index is 13.7. The summed E-state index contributed by atoms with van der Waals surface area (Å²) >= 11 is 0. The van der Waals surface area contributed by atoms with Gasteiger partial charge in [0.1, 0.15) is 5.82 Å². The van der Waals surface area contributed by atoms with Gasteiger partial charge in [-0.25, -0.2) is 9.18 Å². The summed E-state index contributed by atoms with van der Waals surface area (Å²) in [7, 11) is 0. The molecule has 2 aromatic carbocycles. The average molecular weight is 290 g/mol. The highest BCUT2D eigenvalue weighted by Crippen LogP contribution is 2.24. The van der Waals surface area contributed by atoms with Crippen molar-refractivity contribution in [2.24, 2.45) is 0 Å². The Kier molecular flexibility index (Phi) is 3.19. The number of halogens is 1. The number of benzene rings is 2. The molecule has 5 nitrogen and oxygen atoms in total. The van der Waals surface area contributed by atoms with Gasteiger partial charge in [-0.1, -0.05) is 29.4 Å². The number of nitrogens with zero attached hydrogens (tertiary/aromatic N) is 2. The number of aromatic carboxylic acids is 1. The number of aromatic nitrogens is 2. The second-order valence-electron chi connectivity index (χ2n) is 4.29. The van der Waals surface area contributed by atoms with E-state index in [1.54, 1.807) is 24.3 Å². The minimum absolute atomic E-state index is 0.0452. The summed E-state index contributed by atoms with van der Waals surface area (Å²) < 4.78 is 18.7. The van der Waals surface area contributed by atoms with E-state index in [1.165, 1.54) is 24.3 Å². The summed E-state index contributed by atoms with van der Waals surface area (Å²) in [6.45, 7) is 0. The molecule has 0 aliphatic heterocycles. The normalized spacial score (nSPS) is 10.5. The quantitative estimate of drug-likeness (QED) is 0.801. The third kappa shape index (κ3) is 2.51. The van der Waals surface area contributed by atoms with Crippen LogP contribution in [-0.2, 0) is 0 Å². The fourth-order valence-electron chi connectivity index (χ4n) is 1.88. The predicted octanol–water partition coefficient (Wildman–Crippen LogP) is 3.24. The van der Waals surface area contributed by atoms with Gasteiger partial charge < -0.3 is 9.63 Å². The zero-order chi connectivity index (χ0) is 14.8. The van der Waals surface area contributed by atoms with Crippen LogP contribution < -0.4 is 0 Å². The zero-order valence-electron chi connectivity index (χ0n) is 10.7. The van der Waals surface area contributed by atoms with Gasteiger partial charge in [-0.15, -0.1) is 0 Å². The molecular formula is C15H9FN2O3. The van der Waals surface area contributed by atoms with Crippen molar-refractivity contribution in [1.82, 2.24) is 10.1 Å². The Morgan fingerprint density at radius 3 is 2.71 bits per heavy atom. The molecule has 1 N–H and O–H groups in total. The van der Waals surface area contributed by atoms with E-state index in [-0.39, 0.29) is 22.8 Å². The molecule has 0 amide bonds. The summed E-state index contributed by atoms with van der Waals surface area (Å²) in [4.78, 5) is 15.0. The Bertz CT molecular complexity index is 814. The number of rotatable bonds is 3. The van der Waals surface area contributed by atoms with Gasteiger partial charge in [0, 0.05) is 5.56 Å². The Morgan fingerprint density at radius 1 is 1.14 bits per heavy atom. The smallest absolute Gasteiger partial charge is 0.335 e. The summed E-state index contributed by atoms with van der Waals surface area (Å²) in [5.74, 6) is -1.26. The second-order valence-corrected chi connectivity index (χ2v) is 4.29. The average Bonchev–Trinajstić information content (AvgIpc) is 2.97. The minimum Gasteiger partial charge on any atom is -0.478 e. The minimum atomic E-state index is -1.05. The van der Waals surface area contributed by atoms with E-state index >= 15 is 0 Å². The van der Waals surface area contributed by atoms with E-state index in [9.17, 15) is 9.18 Å². The lowest BCUT2D eigenvalue weighted by Crippen LogP contribution is -1.96. The van der Waals surface area contributed by atoms with Gasteiger partial charge in [0.05, 0.1) is 11.1 Å². The van der Waals surface area contributed by atoms with E-state index in [0.29, 0.717) is 5.56 Å². The number of hydrogen-bond donors (Lipinski definition) is 1. The van der Waals surface area contributed by atoms with E-state index in [0.717, 1.165) is 0 Å². The highest BCUT2D eigenvalue weighted by atomic mass is 19.2. The first kappa shape index (κ1) is 13.0. The van der Waals surface area contributed by atoms with Gasteiger partial charge in [0.15, 0.2) is 0 Å². The van der Waals surface area contributed by atoms with Crippen molar-refractivity contribution in [3.63, 3.8) is 0 Å². The first-order chi connectivity index (χ1) is 10.1. The molecule has 6 heteroatoms. The largest absolute Gasteiger partial charge is 0.478 e. The molecule has 3 aromatic rings. The Balaban J connectivity index is 2.01. The van der Waals surface area contributed by atoms with Crippen LogP contribution in [0, 0.1) is 5.82 Å². The third-order valence-electron chi connectivity index (χ3n) is 2.90. The van der Waals surface area contributed by atoms with Crippen LogP contribution in [0.5, 0.6) is 0 Å². The van der Waals surface area contributed by atoms with Crippen LogP contribution in [0.2, 0.25) is 0 Å². The summed E-state index contributed by atoms with van der Waals surface area (Å²) in [5, 5.41) is 12.7. The fraction of sp³-hybridized carbons (Fsp3) is 0. The zero-order valence-corrected chi connectivity index (χ0v) is 10.7. The molecule has 1 heterocycles. The lowest BCUT2D eigenvalue weighted by Gasteiger charge is -1.97. The van der Waals surface area contributed by atoms with Gasteiger partial charge in [-0.05, 0) is 24.3 Å². The van der Waals surface area contributed by atoms with Crippen LogP contribution in [-0.4, -0.2) is 21.2 Å². The van der Waals surface area contributed by atoms with Crippen molar-refractivity contribution in [1.29, 1.82) is 0 Å². The van der Waals surface area contributed by atoms with Gasteiger partial charge >= 0.3 is 5.97 Å². The van der Waals surface area contributed by atoms with Gasteiger partial charge in [0.25, 0.3) is 5.89 Å². The first-order valence-electron chi connectivity index (χ1n) is 6.07. The molecule has 0 radical (unpaired) electrons. The molecule has 0 saturated carbocycles. The number of carboxylic acid groups (broad SMARTS) is 1. The number of carbonyl (C=O) groups is 1. The lowest BCUT2D eigenvalue weighted by molar-refractivity contribution is 0.0697. The molecule has 0 bridgehead atoms. The summed E-state index contributed by atoms with van der Waals surface area (Å²) in [6, 6.07) is 12.2. The summed E-state index contributed by atoms with van der Waals surface area (Å²) in [5.41, 5.74) is 0.802. The molecule has 0 atom stereocenters. The monoisotopic (exact) mass is 290 g/mol. The summed E-state index contributed by atoms with van der Waals surface area (Å²) in [6.07, 6.45) is 0. The maximum Gasteiger partial charge on any atom is 0.335 e. The van der Waals surface area contributed by atoms with Crippen molar-refractivity contribution >= 4 is 5.97 Å². The van der Waals surface area contributed by atoms with Crippen LogP contribution in [0.15, 0.2) is 53.1 Å². The predicted molar refractivity (Wildman–Crippen MR) is 72.1 cm³/mol. The van der Waals surface area contributed by atoms with Crippen LogP contribution in [0.4, 0.5) is 4.39 Å². The van der Waals surface area contributed by atoms with Crippen molar-refractivity contribution in [2.45, 2.75) is 0 Å². The molecule has 3 rings (SSSR count). The standard InChI is InChI=1S/C15H9FN2O3/c16-12-7-2-1-6-11(12)14-17-13(18-21-14)9-4-3-5-10(8-9)15(19)20/h1-8H,(H,19,20)/i1+1,2+1,6+1,7+1,11+1,12+1. The SMILES string of the molecule is O=C(O)c1cccc(-c2noc(-[13c]3[13cH][13cH][13cH][13cH][13c]3F)n2)c1. The van der Waals surface area contributed by atoms with E-state index in [1.807, 2.05) is 0 Å². The van der Waals surface area contributed by atoms with Crippen molar-refractivity contribution < 1.29 is 18.8 Å².